The predicted octanol–water partition coefficient (Wildman–Crippen LogP) is 5.28. The van der Waals surface area contributed by atoms with E-state index in [1.807, 2.05) is 0 Å². The summed E-state index contributed by atoms with van der Waals surface area (Å²) in [4.78, 5) is 42.3. The number of amides is 2. The standard InChI is InChI=1S/C25H23F8N3O5S/c1-10-3-2-6-36(10)21(38)16-17(42-20(35-16)19(37)34-13-7-11(8-13)22(39)40)14-5-4-12(9-15(14)18(26)27)23(41,24(28,29)30)25(31,32)33/h4-5,9-11,13,18,41H,2-3,6-8H2,1H3,(H,34,37)(H,39,40)/t10-,11-,13-/m0/s1. The first-order chi connectivity index (χ1) is 19.4. The number of aliphatic hydroxyl groups is 1. The van der Waals surface area contributed by atoms with Gasteiger partial charge in [0.2, 0.25) is 0 Å². The quantitative estimate of drug-likeness (QED) is 0.359. The number of aromatic nitrogens is 1. The number of carboxylic acid groups (broad SMARTS) is 1. The molecule has 1 saturated heterocycles. The monoisotopic (exact) mass is 629 g/mol. The van der Waals surface area contributed by atoms with Gasteiger partial charge in [-0.15, -0.1) is 11.3 Å². The second kappa shape index (κ2) is 11.1. The van der Waals surface area contributed by atoms with Crippen LogP contribution in [0.4, 0.5) is 35.1 Å². The molecule has 1 aliphatic carbocycles. The number of alkyl halides is 8. The van der Waals surface area contributed by atoms with Crippen molar-refractivity contribution in [1.82, 2.24) is 15.2 Å². The molecule has 8 nitrogen and oxygen atoms in total. The van der Waals surface area contributed by atoms with Crippen LogP contribution in [0.25, 0.3) is 10.4 Å². The molecule has 1 aromatic heterocycles. The normalized spacial score (nSPS) is 21.4. The van der Waals surface area contributed by atoms with Gasteiger partial charge in [0.05, 0.1) is 10.8 Å². The first kappa shape index (κ1) is 31.6. The molecule has 4 rings (SSSR count). The van der Waals surface area contributed by atoms with Crippen LogP contribution in [-0.4, -0.2) is 68.9 Å². The average Bonchev–Trinajstić information content (AvgIpc) is 3.49. The summed E-state index contributed by atoms with van der Waals surface area (Å²) in [5, 5.41) is 20.8. The zero-order valence-electron chi connectivity index (χ0n) is 21.5. The summed E-state index contributed by atoms with van der Waals surface area (Å²) in [5.41, 5.74) is -9.90. The first-order valence-corrected chi connectivity index (χ1v) is 13.3. The smallest absolute Gasteiger partial charge is 0.430 e. The average molecular weight is 630 g/mol. The van der Waals surface area contributed by atoms with Gasteiger partial charge in [0.25, 0.3) is 23.8 Å². The summed E-state index contributed by atoms with van der Waals surface area (Å²) in [5.74, 6) is -3.40. The maximum Gasteiger partial charge on any atom is 0.430 e. The van der Waals surface area contributed by atoms with Crippen molar-refractivity contribution in [3.63, 3.8) is 0 Å². The Morgan fingerprint density at radius 1 is 1.10 bits per heavy atom. The van der Waals surface area contributed by atoms with Gasteiger partial charge < -0.3 is 20.4 Å². The fourth-order valence-electron chi connectivity index (χ4n) is 4.96. The van der Waals surface area contributed by atoms with Crippen molar-refractivity contribution in [3.05, 3.63) is 40.0 Å². The van der Waals surface area contributed by atoms with E-state index >= 15 is 0 Å². The molecule has 0 radical (unpaired) electrons. The molecule has 42 heavy (non-hydrogen) atoms. The molecule has 1 atom stereocenters. The number of carboxylic acids is 1. The Hall–Kier alpha value is -3.34. The SMILES string of the molecule is C[C@H]1CCCN1C(=O)c1nc(C(=O)N[C@H]2C[C@H](C(=O)O)C2)sc1-c1ccc(C(O)(C(F)(F)F)C(F)(F)F)cc1C(F)F. The maximum atomic E-state index is 14.2. The van der Waals surface area contributed by atoms with Crippen LogP contribution in [0.3, 0.4) is 0 Å². The van der Waals surface area contributed by atoms with Crippen LogP contribution < -0.4 is 5.32 Å². The molecule has 3 N–H and O–H groups in total. The molecule has 1 aliphatic heterocycles. The van der Waals surface area contributed by atoms with Crippen molar-refractivity contribution in [2.45, 2.75) is 69.1 Å². The molecule has 0 bridgehead atoms. The fourth-order valence-corrected chi connectivity index (χ4v) is 5.97. The van der Waals surface area contributed by atoms with Crippen molar-refractivity contribution in [2.24, 2.45) is 5.92 Å². The fraction of sp³-hybridized carbons (Fsp3) is 0.520. The Bertz CT molecular complexity index is 1370. The lowest BCUT2D eigenvalue weighted by atomic mass is 9.80. The summed E-state index contributed by atoms with van der Waals surface area (Å²) in [6.07, 6.45) is -14.9. The minimum atomic E-state index is -6.32. The number of nitrogens with zero attached hydrogens (tertiary/aromatic N) is 2. The molecule has 230 valence electrons. The van der Waals surface area contributed by atoms with E-state index in [0.29, 0.717) is 30.2 Å². The van der Waals surface area contributed by atoms with Gasteiger partial charge in [-0.2, -0.15) is 26.3 Å². The van der Waals surface area contributed by atoms with E-state index in [4.69, 9.17) is 5.11 Å². The number of hydrogen-bond donors (Lipinski definition) is 3. The molecule has 1 saturated carbocycles. The Kier molecular flexibility index (Phi) is 8.32. The number of rotatable bonds is 7. The summed E-state index contributed by atoms with van der Waals surface area (Å²) in [6.45, 7) is 1.95. The lowest BCUT2D eigenvalue weighted by Gasteiger charge is -2.33. The number of carbonyl (C=O) groups excluding carboxylic acids is 2. The van der Waals surface area contributed by atoms with Crippen molar-refractivity contribution >= 4 is 29.1 Å². The van der Waals surface area contributed by atoms with Crippen molar-refractivity contribution < 1.29 is 59.7 Å². The minimum absolute atomic E-state index is 0.106. The molecule has 2 fully saturated rings. The van der Waals surface area contributed by atoms with Gasteiger partial charge in [-0.25, -0.2) is 13.8 Å². The highest BCUT2D eigenvalue weighted by Crippen LogP contribution is 2.51. The third-order valence-electron chi connectivity index (χ3n) is 7.43. The van der Waals surface area contributed by atoms with E-state index in [2.05, 4.69) is 10.3 Å². The van der Waals surface area contributed by atoms with Crippen molar-refractivity contribution in [1.29, 1.82) is 0 Å². The predicted molar refractivity (Wildman–Crippen MR) is 130 cm³/mol. The highest BCUT2D eigenvalue weighted by molar-refractivity contribution is 7.17. The Balaban J connectivity index is 1.81. The Labute approximate surface area is 236 Å². The third-order valence-corrected chi connectivity index (χ3v) is 8.52. The lowest BCUT2D eigenvalue weighted by molar-refractivity contribution is -0.376. The molecule has 2 aromatic rings. The molecule has 2 heterocycles. The van der Waals surface area contributed by atoms with Gasteiger partial charge in [-0.05, 0) is 38.7 Å². The van der Waals surface area contributed by atoms with Crippen LogP contribution in [0.2, 0.25) is 0 Å². The van der Waals surface area contributed by atoms with Gasteiger partial charge >= 0.3 is 18.3 Å². The van der Waals surface area contributed by atoms with Gasteiger partial charge in [-0.1, -0.05) is 12.1 Å². The Morgan fingerprint density at radius 2 is 1.71 bits per heavy atom. The number of hydrogen-bond acceptors (Lipinski definition) is 6. The molecule has 0 spiro atoms. The highest BCUT2D eigenvalue weighted by atomic mass is 32.1. The topological polar surface area (TPSA) is 120 Å². The van der Waals surface area contributed by atoms with E-state index in [-0.39, 0.29) is 37.6 Å². The van der Waals surface area contributed by atoms with E-state index in [1.54, 1.807) is 6.92 Å². The molecule has 2 aliphatic rings. The number of likely N-dealkylation sites (tertiary alicyclic amines) is 1. The number of aliphatic carboxylic acids is 1. The summed E-state index contributed by atoms with van der Waals surface area (Å²) >= 11 is 0.421. The molecule has 2 amide bonds. The van der Waals surface area contributed by atoms with E-state index in [0.717, 1.165) is 0 Å². The number of carbonyl (C=O) groups is 3. The first-order valence-electron chi connectivity index (χ1n) is 12.5. The number of halogens is 8. The van der Waals surface area contributed by atoms with Gasteiger partial charge in [-0.3, -0.25) is 14.4 Å². The van der Waals surface area contributed by atoms with Gasteiger partial charge in [0.1, 0.15) is 5.69 Å². The van der Waals surface area contributed by atoms with E-state index < -0.39 is 86.4 Å². The molecule has 17 heteroatoms. The zero-order valence-corrected chi connectivity index (χ0v) is 22.3. The van der Waals surface area contributed by atoms with Crippen LogP contribution in [0.1, 0.15) is 70.4 Å². The van der Waals surface area contributed by atoms with Gasteiger partial charge in [0, 0.05) is 35.3 Å². The summed E-state index contributed by atoms with van der Waals surface area (Å²) < 4.78 is 109. The summed E-state index contributed by atoms with van der Waals surface area (Å²) in [6, 6.07) is -0.329. The second-order valence-electron chi connectivity index (χ2n) is 10.2. The van der Waals surface area contributed by atoms with Gasteiger partial charge in [0.15, 0.2) is 5.01 Å². The van der Waals surface area contributed by atoms with Crippen molar-refractivity contribution in [2.75, 3.05) is 6.54 Å². The largest absolute Gasteiger partial charge is 0.481 e. The Morgan fingerprint density at radius 3 is 2.21 bits per heavy atom. The molecule has 0 unspecified atom stereocenters. The van der Waals surface area contributed by atoms with Crippen molar-refractivity contribution in [3.8, 4) is 10.4 Å². The minimum Gasteiger partial charge on any atom is -0.481 e. The van der Waals surface area contributed by atoms with Crippen LogP contribution in [0, 0.1) is 5.92 Å². The summed E-state index contributed by atoms with van der Waals surface area (Å²) in [7, 11) is 0. The van der Waals surface area contributed by atoms with E-state index in [1.165, 1.54) is 4.90 Å². The number of thiazole rings is 1. The second-order valence-corrected chi connectivity index (χ2v) is 11.2. The molecular weight excluding hydrogens is 606 g/mol. The van der Waals surface area contributed by atoms with E-state index in [9.17, 15) is 54.6 Å². The van der Waals surface area contributed by atoms with Crippen LogP contribution >= 0.6 is 11.3 Å². The lowest BCUT2D eigenvalue weighted by Crippen LogP contribution is -2.54. The highest BCUT2D eigenvalue weighted by Gasteiger charge is 2.71. The van der Waals surface area contributed by atoms with Crippen LogP contribution in [0.15, 0.2) is 18.2 Å². The molecule has 1 aromatic carbocycles. The van der Waals surface area contributed by atoms with Crippen LogP contribution in [-0.2, 0) is 10.4 Å². The zero-order chi connectivity index (χ0) is 31.4. The third kappa shape index (κ3) is 5.55. The number of benzene rings is 1. The number of nitrogens with one attached hydrogen (secondary N) is 1. The van der Waals surface area contributed by atoms with Crippen LogP contribution in [0.5, 0.6) is 0 Å². The molecular formula is C25H23F8N3O5S. The maximum absolute atomic E-state index is 14.2.